The van der Waals surface area contributed by atoms with E-state index in [4.69, 9.17) is 4.42 Å². The van der Waals surface area contributed by atoms with E-state index in [-0.39, 0.29) is 5.91 Å². The zero-order valence-corrected chi connectivity index (χ0v) is 18.2. The Labute approximate surface area is 181 Å². The van der Waals surface area contributed by atoms with E-state index in [1.165, 1.54) is 23.7 Å². The molecule has 2 aromatic heterocycles. The maximum Gasteiger partial charge on any atom is 0.237 e. The maximum absolute atomic E-state index is 13.1. The van der Waals surface area contributed by atoms with Gasteiger partial charge in [-0.3, -0.25) is 4.79 Å². The Morgan fingerprint density at radius 2 is 2.03 bits per heavy atom. The van der Waals surface area contributed by atoms with Gasteiger partial charge in [0.15, 0.2) is 11.0 Å². The third-order valence-corrected chi connectivity index (χ3v) is 6.28. The van der Waals surface area contributed by atoms with Crippen molar-refractivity contribution in [1.29, 1.82) is 0 Å². The Morgan fingerprint density at radius 1 is 1.20 bits per heavy atom. The molecule has 4 rings (SSSR count). The highest BCUT2D eigenvalue weighted by Crippen LogP contribution is 2.26. The van der Waals surface area contributed by atoms with Crippen molar-refractivity contribution in [2.45, 2.75) is 44.3 Å². The van der Waals surface area contributed by atoms with Gasteiger partial charge in [-0.25, -0.2) is 0 Å². The van der Waals surface area contributed by atoms with E-state index in [9.17, 15) is 4.79 Å². The molecule has 0 fully saturated rings. The molecule has 0 unspecified atom stereocenters. The molecular formula is C23H26N4O2S. The molecule has 30 heavy (non-hydrogen) atoms. The Kier molecular flexibility index (Phi) is 6.38. The van der Waals surface area contributed by atoms with Crippen molar-refractivity contribution < 1.29 is 9.21 Å². The molecule has 0 saturated carbocycles. The smallest absolute Gasteiger partial charge is 0.237 e. The maximum atomic E-state index is 13.1. The number of aryl methyl sites for hydroxylation is 1. The average molecular weight is 423 g/mol. The van der Waals surface area contributed by atoms with Gasteiger partial charge in [0.2, 0.25) is 5.91 Å². The standard InChI is InChI=1S/C23H26N4O2S/c1-17-10-12-18(13-11-17)22-24-25-23(26(22)2)30-16-21(28)27(15-20-9-6-14-29-20)19-7-4-3-5-8-19/h6-7,9-14H,3-5,8,15-16H2,1-2H3. The number of hydrogen-bond acceptors (Lipinski definition) is 5. The van der Waals surface area contributed by atoms with Crippen LogP contribution in [0.2, 0.25) is 0 Å². The first-order valence-electron chi connectivity index (χ1n) is 10.2. The van der Waals surface area contributed by atoms with Gasteiger partial charge in [-0.05, 0) is 44.7 Å². The molecule has 156 valence electrons. The van der Waals surface area contributed by atoms with Crippen molar-refractivity contribution in [1.82, 2.24) is 19.7 Å². The zero-order chi connectivity index (χ0) is 20.9. The molecule has 6 nitrogen and oxygen atoms in total. The molecule has 0 spiro atoms. The fraction of sp³-hybridized carbons (Fsp3) is 0.348. The Hall–Kier alpha value is -2.80. The molecule has 0 N–H and O–H groups in total. The van der Waals surface area contributed by atoms with Crippen LogP contribution >= 0.6 is 11.8 Å². The molecular weight excluding hydrogens is 396 g/mol. The van der Waals surface area contributed by atoms with Crippen LogP contribution < -0.4 is 0 Å². The van der Waals surface area contributed by atoms with Gasteiger partial charge in [-0.15, -0.1) is 10.2 Å². The number of furan rings is 1. The molecule has 1 amide bonds. The van der Waals surface area contributed by atoms with Crippen LogP contribution in [0.15, 0.2) is 64.0 Å². The first-order valence-corrected chi connectivity index (χ1v) is 11.2. The van der Waals surface area contributed by atoms with Crippen molar-refractivity contribution in [2.24, 2.45) is 7.05 Å². The Bertz CT molecular complexity index is 1020. The lowest BCUT2D eigenvalue weighted by molar-refractivity contribution is -0.127. The lowest BCUT2D eigenvalue weighted by Gasteiger charge is -2.27. The van der Waals surface area contributed by atoms with Gasteiger partial charge in [0.25, 0.3) is 0 Å². The summed E-state index contributed by atoms with van der Waals surface area (Å²) in [5, 5.41) is 9.37. The second kappa shape index (κ2) is 9.34. The van der Waals surface area contributed by atoms with Crippen molar-refractivity contribution in [3.8, 4) is 11.4 Å². The lowest BCUT2D eigenvalue weighted by atomic mass is 10.0. The second-order valence-corrected chi connectivity index (χ2v) is 8.46. The minimum Gasteiger partial charge on any atom is -0.467 e. The fourth-order valence-corrected chi connectivity index (χ4v) is 4.36. The Morgan fingerprint density at radius 3 is 2.73 bits per heavy atom. The van der Waals surface area contributed by atoms with Crippen molar-refractivity contribution in [3.05, 3.63) is 65.8 Å². The van der Waals surface area contributed by atoms with E-state index in [1.54, 1.807) is 6.26 Å². The molecule has 0 aliphatic heterocycles. The van der Waals surface area contributed by atoms with E-state index in [1.807, 2.05) is 40.8 Å². The molecule has 3 aromatic rings. The molecule has 1 aliphatic carbocycles. The minimum absolute atomic E-state index is 0.0597. The number of benzene rings is 1. The summed E-state index contributed by atoms with van der Waals surface area (Å²) in [6, 6.07) is 12.0. The minimum atomic E-state index is 0.0597. The van der Waals surface area contributed by atoms with E-state index in [0.717, 1.165) is 47.3 Å². The van der Waals surface area contributed by atoms with Gasteiger partial charge < -0.3 is 13.9 Å². The summed E-state index contributed by atoms with van der Waals surface area (Å²) in [6.45, 7) is 2.52. The predicted molar refractivity (Wildman–Crippen MR) is 118 cm³/mol. The number of aromatic nitrogens is 3. The number of hydrogen-bond donors (Lipinski definition) is 0. The highest BCUT2D eigenvalue weighted by Gasteiger charge is 2.22. The number of amides is 1. The SMILES string of the molecule is Cc1ccc(-c2nnc(SCC(=O)N(Cc3ccco3)C3=CCCCC3)n2C)cc1. The second-order valence-electron chi connectivity index (χ2n) is 7.52. The van der Waals surface area contributed by atoms with Crippen LogP contribution in [0.4, 0.5) is 0 Å². The fourth-order valence-electron chi connectivity index (χ4n) is 3.57. The van der Waals surface area contributed by atoms with Crippen LogP contribution in [-0.2, 0) is 18.4 Å². The predicted octanol–water partition coefficient (Wildman–Crippen LogP) is 4.96. The van der Waals surface area contributed by atoms with Gasteiger partial charge >= 0.3 is 0 Å². The summed E-state index contributed by atoms with van der Waals surface area (Å²) < 4.78 is 7.44. The van der Waals surface area contributed by atoms with Gasteiger partial charge in [0.05, 0.1) is 18.6 Å². The van der Waals surface area contributed by atoms with E-state index in [0.29, 0.717) is 12.3 Å². The first-order chi connectivity index (χ1) is 14.6. The monoisotopic (exact) mass is 422 g/mol. The molecule has 0 radical (unpaired) electrons. The van der Waals surface area contributed by atoms with Gasteiger partial charge in [-0.2, -0.15) is 0 Å². The van der Waals surface area contributed by atoms with Crippen molar-refractivity contribution >= 4 is 17.7 Å². The number of carbonyl (C=O) groups is 1. The van der Waals surface area contributed by atoms with Crippen LogP contribution in [0.3, 0.4) is 0 Å². The molecule has 0 bridgehead atoms. The van der Waals surface area contributed by atoms with E-state index in [2.05, 4.69) is 35.3 Å². The number of rotatable bonds is 7. The Balaban J connectivity index is 1.46. The topological polar surface area (TPSA) is 64.2 Å². The van der Waals surface area contributed by atoms with Crippen molar-refractivity contribution in [2.75, 3.05) is 5.75 Å². The van der Waals surface area contributed by atoms with E-state index >= 15 is 0 Å². The lowest BCUT2D eigenvalue weighted by Crippen LogP contribution is -2.32. The average Bonchev–Trinajstić information content (AvgIpc) is 3.41. The molecule has 2 heterocycles. The van der Waals surface area contributed by atoms with E-state index < -0.39 is 0 Å². The zero-order valence-electron chi connectivity index (χ0n) is 17.4. The van der Waals surface area contributed by atoms with Gasteiger partial charge in [0.1, 0.15) is 5.76 Å². The first kappa shape index (κ1) is 20.5. The third kappa shape index (κ3) is 4.67. The molecule has 7 heteroatoms. The van der Waals surface area contributed by atoms with Gasteiger partial charge in [0, 0.05) is 18.3 Å². The summed E-state index contributed by atoms with van der Waals surface area (Å²) in [5.41, 5.74) is 3.32. The summed E-state index contributed by atoms with van der Waals surface area (Å²) in [4.78, 5) is 15.0. The van der Waals surface area contributed by atoms with Gasteiger partial charge in [-0.1, -0.05) is 47.7 Å². The molecule has 0 atom stereocenters. The number of thioether (sulfide) groups is 1. The highest BCUT2D eigenvalue weighted by atomic mass is 32.2. The largest absolute Gasteiger partial charge is 0.467 e. The molecule has 0 saturated heterocycles. The summed E-state index contributed by atoms with van der Waals surface area (Å²) in [6.07, 6.45) is 8.08. The van der Waals surface area contributed by atoms with Crippen LogP contribution in [0, 0.1) is 6.92 Å². The number of allylic oxidation sites excluding steroid dienone is 2. The third-order valence-electron chi connectivity index (χ3n) is 5.28. The number of nitrogens with zero attached hydrogens (tertiary/aromatic N) is 4. The molecule has 1 aliphatic rings. The van der Waals surface area contributed by atoms with Crippen LogP contribution in [0.1, 0.15) is 37.0 Å². The van der Waals surface area contributed by atoms with Crippen LogP contribution in [0.5, 0.6) is 0 Å². The normalized spacial score (nSPS) is 13.9. The quantitative estimate of drug-likeness (QED) is 0.504. The summed E-state index contributed by atoms with van der Waals surface area (Å²) >= 11 is 1.42. The number of carbonyl (C=O) groups excluding carboxylic acids is 1. The molecule has 1 aromatic carbocycles. The summed E-state index contributed by atoms with van der Waals surface area (Å²) in [5.74, 6) is 1.95. The van der Waals surface area contributed by atoms with Crippen molar-refractivity contribution in [3.63, 3.8) is 0 Å². The van der Waals surface area contributed by atoms with Crippen LogP contribution in [-0.4, -0.2) is 31.3 Å². The highest BCUT2D eigenvalue weighted by molar-refractivity contribution is 7.99. The summed E-state index contributed by atoms with van der Waals surface area (Å²) in [7, 11) is 1.94. The van der Waals surface area contributed by atoms with Crippen LogP contribution in [0.25, 0.3) is 11.4 Å².